The second-order valence-corrected chi connectivity index (χ2v) is 7.17. The van der Waals surface area contributed by atoms with Crippen LogP contribution in [0.1, 0.15) is 31.4 Å². The molecule has 7 nitrogen and oxygen atoms in total. The smallest absolute Gasteiger partial charge is 0.200 e. The summed E-state index contributed by atoms with van der Waals surface area (Å²) >= 11 is 0. The van der Waals surface area contributed by atoms with Crippen LogP contribution in [0, 0.1) is 12.8 Å². The molecular formula is C17H26N6O. The molecule has 2 saturated heterocycles. The van der Waals surface area contributed by atoms with Crippen molar-refractivity contribution in [2.45, 2.75) is 38.6 Å². The molecule has 2 aliphatic rings. The van der Waals surface area contributed by atoms with Crippen LogP contribution >= 0.6 is 0 Å². The predicted molar refractivity (Wildman–Crippen MR) is 92.1 cm³/mol. The van der Waals surface area contributed by atoms with Crippen LogP contribution in [0.5, 0.6) is 0 Å². The maximum atomic E-state index is 9.45. The van der Waals surface area contributed by atoms with Gasteiger partial charge in [-0.3, -0.25) is 4.90 Å². The van der Waals surface area contributed by atoms with Gasteiger partial charge in [-0.25, -0.2) is 0 Å². The van der Waals surface area contributed by atoms with Crippen molar-refractivity contribution in [3.8, 4) is 0 Å². The molecule has 24 heavy (non-hydrogen) atoms. The monoisotopic (exact) mass is 330 g/mol. The highest BCUT2D eigenvalue weighted by Gasteiger charge is 2.29. The summed E-state index contributed by atoms with van der Waals surface area (Å²) in [6.45, 7) is 6.66. The van der Waals surface area contributed by atoms with Crippen LogP contribution in [0.4, 0.5) is 5.69 Å². The normalized spacial score (nSPS) is 23.9. The van der Waals surface area contributed by atoms with Gasteiger partial charge < -0.3 is 10.0 Å². The Labute approximate surface area is 142 Å². The molecule has 0 aromatic carbocycles. The van der Waals surface area contributed by atoms with Crippen molar-refractivity contribution in [1.82, 2.24) is 24.7 Å². The number of anilines is 1. The van der Waals surface area contributed by atoms with Crippen molar-refractivity contribution in [2.24, 2.45) is 5.92 Å². The van der Waals surface area contributed by atoms with E-state index in [9.17, 15) is 5.11 Å². The number of rotatable bonds is 3. The number of aromatic nitrogens is 4. The van der Waals surface area contributed by atoms with Crippen LogP contribution in [0.3, 0.4) is 0 Å². The molecule has 0 aliphatic carbocycles. The molecule has 4 heterocycles. The molecule has 130 valence electrons. The van der Waals surface area contributed by atoms with Gasteiger partial charge in [0.2, 0.25) is 5.65 Å². The molecule has 0 bridgehead atoms. The number of aliphatic hydroxyl groups is 1. The minimum Gasteiger partial charge on any atom is -0.396 e. The van der Waals surface area contributed by atoms with Gasteiger partial charge in [0.15, 0.2) is 0 Å². The van der Waals surface area contributed by atoms with Gasteiger partial charge in [0.25, 0.3) is 0 Å². The van der Waals surface area contributed by atoms with Gasteiger partial charge in [-0.1, -0.05) is 0 Å². The van der Waals surface area contributed by atoms with Crippen LogP contribution < -0.4 is 4.90 Å². The van der Waals surface area contributed by atoms with E-state index in [1.54, 1.807) is 10.8 Å². The van der Waals surface area contributed by atoms with E-state index in [-0.39, 0.29) is 0 Å². The highest BCUT2D eigenvalue weighted by Crippen LogP contribution is 2.28. The molecule has 2 fully saturated rings. The van der Waals surface area contributed by atoms with E-state index in [1.807, 2.05) is 6.92 Å². The molecule has 1 N–H and O–H groups in total. The molecule has 2 aromatic heterocycles. The Morgan fingerprint density at radius 3 is 2.83 bits per heavy atom. The van der Waals surface area contributed by atoms with Gasteiger partial charge in [0.05, 0.1) is 11.4 Å². The van der Waals surface area contributed by atoms with E-state index in [0.29, 0.717) is 18.6 Å². The summed E-state index contributed by atoms with van der Waals surface area (Å²) < 4.78 is 1.77. The Hall–Kier alpha value is -1.73. The van der Waals surface area contributed by atoms with Crippen LogP contribution in [-0.2, 0) is 0 Å². The fourth-order valence-corrected chi connectivity index (χ4v) is 4.22. The lowest BCUT2D eigenvalue weighted by Gasteiger charge is -2.42. The molecule has 1 unspecified atom stereocenters. The van der Waals surface area contributed by atoms with Gasteiger partial charge in [0.1, 0.15) is 6.33 Å². The van der Waals surface area contributed by atoms with E-state index in [0.717, 1.165) is 36.7 Å². The number of hydrogen-bond donors (Lipinski definition) is 1. The number of nitrogens with zero attached hydrogens (tertiary/aromatic N) is 6. The number of piperidine rings is 2. The minimum absolute atomic E-state index is 0.330. The highest BCUT2D eigenvalue weighted by atomic mass is 16.3. The summed E-state index contributed by atoms with van der Waals surface area (Å²) in [4.78, 5) is 5.02. The maximum absolute atomic E-state index is 9.45. The first-order chi connectivity index (χ1) is 11.7. The SMILES string of the molecule is Cc1cc(N2CCC(N3CCCC(CO)C3)CC2)c2nncn2n1. The van der Waals surface area contributed by atoms with Crippen LogP contribution in [0.15, 0.2) is 12.4 Å². The Bertz CT molecular complexity index is 693. The van der Waals surface area contributed by atoms with E-state index in [2.05, 4.69) is 31.2 Å². The average Bonchev–Trinajstić information content (AvgIpc) is 3.09. The Kier molecular flexibility index (Phi) is 4.37. The van der Waals surface area contributed by atoms with Gasteiger partial charge >= 0.3 is 0 Å². The summed E-state index contributed by atoms with van der Waals surface area (Å²) in [5.41, 5.74) is 2.98. The molecule has 7 heteroatoms. The van der Waals surface area contributed by atoms with Crippen LogP contribution in [0.25, 0.3) is 5.65 Å². The first-order valence-corrected chi connectivity index (χ1v) is 9.02. The summed E-state index contributed by atoms with van der Waals surface area (Å²) in [7, 11) is 0. The second kappa shape index (κ2) is 6.64. The topological polar surface area (TPSA) is 69.8 Å². The predicted octanol–water partition coefficient (Wildman–Crippen LogP) is 1.11. The number of likely N-dealkylation sites (tertiary alicyclic amines) is 1. The van der Waals surface area contributed by atoms with Gasteiger partial charge in [-0.2, -0.15) is 9.61 Å². The Morgan fingerprint density at radius 2 is 2.04 bits per heavy atom. The third-order valence-corrected chi connectivity index (χ3v) is 5.50. The van der Waals surface area contributed by atoms with E-state index >= 15 is 0 Å². The van der Waals surface area contributed by atoms with Crippen molar-refractivity contribution < 1.29 is 5.11 Å². The van der Waals surface area contributed by atoms with E-state index < -0.39 is 0 Å². The standard InChI is InChI=1S/C17H26N6O/c1-13-9-16(17-19-18-12-23(17)20-13)21-7-4-15(5-8-21)22-6-2-3-14(10-22)11-24/h9,12,14-15,24H,2-8,10-11H2,1H3. The zero-order chi connectivity index (χ0) is 16.5. The van der Waals surface area contributed by atoms with Crippen molar-refractivity contribution >= 4 is 11.3 Å². The molecule has 2 aromatic rings. The summed E-state index contributed by atoms with van der Waals surface area (Å²) in [6, 6.07) is 2.76. The van der Waals surface area contributed by atoms with Crippen LogP contribution in [0.2, 0.25) is 0 Å². The molecule has 0 radical (unpaired) electrons. The Balaban J connectivity index is 1.45. The zero-order valence-electron chi connectivity index (χ0n) is 14.3. The van der Waals surface area contributed by atoms with Gasteiger partial charge in [0, 0.05) is 32.3 Å². The molecule has 0 saturated carbocycles. The molecule has 0 amide bonds. The Morgan fingerprint density at radius 1 is 1.21 bits per heavy atom. The first kappa shape index (κ1) is 15.8. The summed E-state index contributed by atoms with van der Waals surface area (Å²) in [5.74, 6) is 0.468. The van der Waals surface area contributed by atoms with Crippen molar-refractivity contribution in [3.63, 3.8) is 0 Å². The minimum atomic E-state index is 0.330. The third kappa shape index (κ3) is 2.98. The lowest BCUT2D eigenvalue weighted by Crippen LogP contribution is -2.49. The molecule has 1 atom stereocenters. The third-order valence-electron chi connectivity index (χ3n) is 5.50. The maximum Gasteiger partial charge on any atom is 0.200 e. The summed E-state index contributed by atoms with van der Waals surface area (Å²) in [6.07, 6.45) is 6.39. The van der Waals surface area contributed by atoms with E-state index in [1.165, 1.54) is 32.2 Å². The van der Waals surface area contributed by atoms with Crippen molar-refractivity contribution in [2.75, 3.05) is 37.7 Å². The largest absolute Gasteiger partial charge is 0.396 e. The molecule has 4 rings (SSSR count). The molecule has 0 spiro atoms. The molecular weight excluding hydrogens is 304 g/mol. The number of hydrogen-bond acceptors (Lipinski definition) is 6. The first-order valence-electron chi connectivity index (χ1n) is 9.02. The summed E-state index contributed by atoms with van der Waals surface area (Å²) in [5, 5.41) is 22.1. The lowest BCUT2D eigenvalue weighted by molar-refractivity contribution is 0.0778. The van der Waals surface area contributed by atoms with Gasteiger partial charge in [-0.15, -0.1) is 10.2 Å². The lowest BCUT2D eigenvalue weighted by atomic mass is 9.94. The average molecular weight is 330 g/mol. The quantitative estimate of drug-likeness (QED) is 0.909. The van der Waals surface area contributed by atoms with Crippen molar-refractivity contribution in [1.29, 1.82) is 0 Å². The van der Waals surface area contributed by atoms with Crippen LogP contribution in [-0.4, -0.2) is 68.6 Å². The van der Waals surface area contributed by atoms with Gasteiger partial charge in [-0.05, 0) is 51.1 Å². The second-order valence-electron chi connectivity index (χ2n) is 7.17. The number of fused-ring (bicyclic) bond motifs is 1. The number of aliphatic hydroxyl groups excluding tert-OH is 1. The zero-order valence-corrected chi connectivity index (χ0v) is 14.3. The highest BCUT2D eigenvalue weighted by molar-refractivity contribution is 5.68. The van der Waals surface area contributed by atoms with E-state index in [4.69, 9.17) is 0 Å². The fraction of sp³-hybridized carbons (Fsp3) is 0.706. The van der Waals surface area contributed by atoms with Crippen molar-refractivity contribution in [3.05, 3.63) is 18.1 Å². The number of aryl methyl sites for hydroxylation is 1. The fourth-order valence-electron chi connectivity index (χ4n) is 4.22. The molecule has 2 aliphatic heterocycles.